The summed E-state index contributed by atoms with van der Waals surface area (Å²) in [5, 5.41) is 10.2. The number of nitriles is 1. The summed E-state index contributed by atoms with van der Waals surface area (Å²) in [4.78, 5) is 3.76. The van der Waals surface area contributed by atoms with Crippen LogP contribution in [0, 0.1) is 11.5 Å². The SMILES string of the molecule is N#CN/C(N)=N/[CH2][Hg+]. The Bertz CT molecular complexity index is 124. The molecule has 8 heavy (non-hydrogen) atoms. The van der Waals surface area contributed by atoms with Crippen LogP contribution in [-0.2, 0) is 26.1 Å². The van der Waals surface area contributed by atoms with Gasteiger partial charge in [0.25, 0.3) is 0 Å². The van der Waals surface area contributed by atoms with Crippen LogP contribution in [-0.4, -0.2) is 10.0 Å². The number of hydrogen-bond acceptors (Lipinski definition) is 2. The summed E-state index contributed by atoms with van der Waals surface area (Å²) >= 11 is 0.632. The van der Waals surface area contributed by atoms with Gasteiger partial charge in [-0.15, -0.1) is 0 Å². The van der Waals surface area contributed by atoms with Gasteiger partial charge < -0.3 is 0 Å². The molecule has 0 aliphatic rings. The van der Waals surface area contributed by atoms with Crippen molar-refractivity contribution in [3.63, 3.8) is 0 Å². The van der Waals surface area contributed by atoms with E-state index in [-0.39, 0.29) is 5.96 Å². The van der Waals surface area contributed by atoms with Crippen LogP contribution in [0.15, 0.2) is 4.99 Å². The van der Waals surface area contributed by atoms with Gasteiger partial charge >= 0.3 is 63.6 Å². The average Bonchev–Trinajstić information content (AvgIpc) is 1.68. The summed E-state index contributed by atoms with van der Waals surface area (Å²) in [6.45, 7) is 0. The van der Waals surface area contributed by atoms with Gasteiger partial charge in [0.15, 0.2) is 0 Å². The molecule has 0 heterocycles. The molecule has 0 bridgehead atoms. The predicted molar refractivity (Wildman–Crippen MR) is 25.2 cm³/mol. The molecular weight excluding hydrogens is 293 g/mol. The monoisotopic (exact) mass is 299 g/mol. The summed E-state index contributed by atoms with van der Waals surface area (Å²) in [6, 6.07) is 0. The number of hydrogen-bond donors (Lipinski definition) is 2. The van der Waals surface area contributed by atoms with E-state index in [1.165, 1.54) is 0 Å². The van der Waals surface area contributed by atoms with Gasteiger partial charge in [0.05, 0.1) is 0 Å². The number of nitrogens with zero attached hydrogens (tertiary/aromatic N) is 2. The first-order valence-corrected chi connectivity index (χ1v) is 5.94. The van der Waals surface area contributed by atoms with Crippen molar-refractivity contribution >= 4 is 5.96 Å². The van der Waals surface area contributed by atoms with Crippen LogP contribution >= 0.6 is 0 Å². The van der Waals surface area contributed by atoms with Gasteiger partial charge in [0.2, 0.25) is 0 Å². The molecule has 0 aromatic rings. The van der Waals surface area contributed by atoms with Crippen LogP contribution in [0.2, 0.25) is 0 Å². The molecule has 3 N–H and O–H groups in total. The average molecular weight is 298 g/mol. The molecule has 0 aliphatic carbocycles. The van der Waals surface area contributed by atoms with E-state index in [1.807, 2.05) is 0 Å². The molecule has 0 aromatic heterocycles. The normalized spacial score (nSPS) is 10.4. The van der Waals surface area contributed by atoms with Gasteiger partial charge in [-0.25, -0.2) is 0 Å². The van der Waals surface area contributed by atoms with E-state index in [0.29, 0.717) is 26.1 Å². The summed E-state index contributed by atoms with van der Waals surface area (Å²) in [5.41, 5.74) is 5.14. The van der Waals surface area contributed by atoms with Crippen molar-refractivity contribution < 1.29 is 26.1 Å². The molecule has 0 saturated heterocycles. The van der Waals surface area contributed by atoms with Crippen molar-refractivity contribution in [3.8, 4) is 6.19 Å². The van der Waals surface area contributed by atoms with Crippen molar-refractivity contribution in [1.82, 2.24) is 5.32 Å². The predicted octanol–water partition coefficient (Wildman–Crippen LogP) is -1.12. The molecule has 38 valence electrons. The molecule has 0 amide bonds. The fourth-order valence-corrected chi connectivity index (χ4v) is 1.15. The summed E-state index contributed by atoms with van der Waals surface area (Å²) < 4.78 is 0.792. The van der Waals surface area contributed by atoms with E-state index in [2.05, 4.69) is 10.3 Å². The Morgan fingerprint density at radius 2 is 2.62 bits per heavy atom. The third kappa shape index (κ3) is 3.87. The van der Waals surface area contributed by atoms with Crippen molar-refractivity contribution in [2.75, 3.05) is 4.05 Å². The number of rotatable bonds is 1. The first kappa shape index (κ1) is 7.70. The van der Waals surface area contributed by atoms with E-state index in [4.69, 9.17) is 11.0 Å². The topological polar surface area (TPSA) is 74.2 Å². The molecule has 0 rings (SSSR count). The molecule has 0 aromatic carbocycles. The number of aliphatic imine (C=N–C) groups is 1. The minimum atomic E-state index is 0.225. The van der Waals surface area contributed by atoms with Crippen LogP contribution < -0.4 is 11.1 Å². The third-order valence-corrected chi connectivity index (χ3v) is 1.34. The first-order valence-electron chi connectivity index (χ1n) is 2.05. The maximum absolute atomic E-state index is 7.96. The van der Waals surface area contributed by atoms with E-state index in [9.17, 15) is 0 Å². The molecular formula is C3H5HgN4+. The molecule has 4 nitrogen and oxygen atoms in total. The number of nitrogens with two attached hydrogens (primary N) is 1. The first-order chi connectivity index (χ1) is 3.81. The Balaban J connectivity index is 3.49. The second kappa shape index (κ2) is 4.84. The third-order valence-electron chi connectivity index (χ3n) is 0.466. The van der Waals surface area contributed by atoms with E-state index < -0.39 is 0 Å². The molecule has 0 saturated carbocycles. The molecule has 0 spiro atoms. The van der Waals surface area contributed by atoms with E-state index in [1.54, 1.807) is 6.19 Å². The number of guanidine groups is 1. The zero-order valence-corrected chi connectivity index (χ0v) is 9.88. The molecule has 5 heteroatoms. The van der Waals surface area contributed by atoms with E-state index >= 15 is 0 Å². The van der Waals surface area contributed by atoms with E-state index in [0.717, 1.165) is 4.05 Å². The second-order valence-electron chi connectivity index (χ2n) is 1.00. The van der Waals surface area contributed by atoms with Crippen molar-refractivity contribution in [3.05, 3.63) is 0 Å². The molecule has 0 unspecified atom stereocenters. The molecule has 0 atom stereocenters. The van der Waals surface area contributed by atoms with Crippen molar-refractivity contribution in [2.24, 2.45) is 10.7 Å². The van der Waals surface area contributed by atoms with Crippen molar-refractivity contribution in [2.45, 2.75) is 0 Å². The van der Waals surface area contributed by atoms with Crippen LogP contribution in [0.3, 0.4) is 0 Å². The van der Waals surface area contributed by atoms with Crippen LogP contribution in [0.5, 0.6) is 0 Å². The summed E-state index contributed by atoms with van der Waals surface area (Å²) in [5.74, 6) is 0.225. The Labute approximate surface area is 63.7 Å². The zero-order chi connectivity index (χ0) is 6.41. The zero-order valence-electron chi connectivity index (χ0n) is 4.39. The van der Waals surface area contributed by atoms with Gasteiger partial charge in [0.1, 0.15) is 0 Å². The quantitative estimate of drug-likeness (QED) is 0.212. The van der Waals surface area contributed by atoms with Gasteiger partial charge in [-0.1, -0.05) is 0 Å². The summed E-state index contributed by atoms with van der Waals surface area (Å²) in [7, 11) is 0. The van der Waals surface area contributed by atoms with Gasteiger partial charge in [-0.2, -0.15) is 0 Å². The fraction of sp³-hybridized carbons (Fsp3) is 0.333. The Hall–Kier alpha value is -0.305. The Morgan fingerprint density at radius 3 is 3.00 bits per heavy atom. The van der Waals surface area contributed by atoms with Gasteiger partial charge in [-0.05, 0) is 0 Å². The maximum atomic E-state index is 7.96. The summed E-state index contributed by atoms with van der Waals surface area (Å²) in [6.07, 6.45) is 1.67. The van der Waals surface area contributed by atoms with Crippen LogP contribution in [0.4, 0.5) is 0 Å². The molecule has 0 radical (unpaired) electrons. The second-order valence-corrected chi connectivity index (χ2v) is 2.74. The minimum absolute atomic E-state index is 0.225. The Kier molecular flexibility index (Phi) is 4.66. The van der Waals surface area contributed by atoms with Crippen LogP contribution in [0.25, 0.3) is 0 Å². The van der Waals surface area contributed by atoms with Gasteiger partial charge in [-0.3, -0.25) is 0 Å². The standard InChI is InChI=1S/C3H5N4.Hg/c1-6-3(5)7-2-4;/h1H2,(H3,5,6,7);/q;+1. The molecule has 0 aliphatic heterocycles. The Morgan fingerprint density at radius 1 is 2.00 bits per heavy atom. The molecule has 0 fully saturated rings. The fourth-order valence-electron chi connectivity index (χ4n) is 0.217. The van der Waals surface area contributed by atoms with Crippen LogP contribution in [0.1, 0.15) is 0 Å². The van der Waals surface area contributed by atoms with Crippen molar-refractivity contribution in [1.29, 1.82) is 5.26 Å². The van der Waals surface area contributed by atoms with Gasteiger partial charge in [0, 0.05) is 0 Å². The number of nitrogens with one attached hydrogen (secondary N) is 1.